The molecule has 0 spiro atoms. The molecule has 1 aliphatic carbocycles. The molecule has 2 heterocycles. The topological polar surface area (TPSA) is 141 Å². The molecule has 0 saturated heterocycles. The van der Waals surface area contributed by atoms with E-state index in [9.17, 15) is 30.7 Å². The number of ether oxygens (including phenoxy) is 1. The summed E-state index contributed by atoms with van der Waals surface area (Å²) in [6.07, 6.45) is 14.2. The number of hydrogen-bond acceptors (Lipinski definition) is 7. The third kappa shape index (κ3) is 10.5. The van der Waals surface area contributed by atoms with E-state index in [-0.39, 0.29) is 28.1 Å². The van der Waals surface area contributed by atoms with Gasteiger partial charge in [-0.1, -0.05) is 56.3 Å². The number of fused-ring (bicyclic) bond motifs is 2. The minimum absolute atomic E-state index is 0.123. The smallest absolute Gasteiger partial charge is 0.264 e. The minimum Gasteiger partial charge on any atom is -0.493 e. The molecule has 0 atom stereocenters. The van der Waals surface area contributed by atoms with Gasteiger partial charge in [0.15, 0.2) is 5.71 Å². The number of nitrogens with zero attached hydrogens (tertiary/aromatic N) is 2. The SMILES string of the molecule is CC(=O)CCCOC1=C(/C=C/C2=[N+](CCCCS(=O)(=O)O)c3ccccc3C2(C)C)CCC/C1=C\C=C1\N(CCCCS(=O)(=O)O)c2ccccc2C1(C)C. The zero-order chi connectivity index (χ0) is 40.0. The number of carbonyl (C=O) groups excluding carboxylic acids is 1. The Labute approximate surface area is 327 Å². The van der Waals surface area contributed by atoms with Crippen LogP contribution in [0.2, 0.25) is 0 Å². The molecule has 2 aromatic carbocycles. The molecule has 5 rings (SSSR count). The summed E-state index contributed by atoms with van der Waals surface area (Å²) in [7, 11) is -8.06. The van der Waals surface area contributed by atoms with Crippen molar-refractivity contribution in [2.24, 2.45) is 0 Å². The van der Waals surface area contributed by atoms with Crippen LogP contribution in [0, 0.1) is 0 Å². The number of benzene rings is 2. The number of ketones is 1. The molecule has 55 heavy (non-hydrogen) atoms. The fraction of sp³-hybridized carbons (Fsp3) is 0.488. The number of carbonyl (C=O) groups is 1. The van der Waals surface area contributed by atoms with Crippen LogP contribution in [-0.4, -0.2) is 73.2 Å². The van der Waals surface area contributed by atoms with Gasteiger partial charge in [0.05, 0.1) is 23.5 Å². The van der Waals surface area contributed by atoms with Crippen molar-refractivity contribution in [2.75, 3.05) is 36.1 Å². The second kappa shape index (κ2) is 17.5. The number of hydrogen-bond donors (Lipinski definition) is 2. The molecule has 2 N–H and O–H groups in total. The Hall–Kier alpha value is -3.84. The molecule has 12 heteroatoms. The lowest BCUT2D eigenvalue weighted by atomic mass is 9.81. The first-order valence-electron chi connectivity index (χ1n) is 19.4. The van der Waals surface area contributed by atoms with Gasteiger partial charge < -0.3 is 14.4 Å². The van der Waals surface area contributed by atoms with Gasteiger partial charge in [0.2, 0.25) is 5.69 Å². The average Bonchev–Trinajstić information content (AvgIpc) is 3.46. The van der Waals surface area contributed by atoms with Gasteiger partial charge in [0.25, 0.3) is 20.2 Å². The molecule has 0 bridgehead atoms. The van der Waals surface area contributed by atoms with E-state index in [0.717, 1.165) is 59.0 Å². The largest absolute Gasteiger partial charge is 0.493 e. The highest BCUT2D eigenvalue weighted by atomic mass is 32.2. The van der Waals surface area contributed by atoms with E-state index < -0.39 is 20.2 Å². The van der Waals surface area contributed by atoms with E-state index in [1.165, 1.54) is 11.1 Å². The maximum absolute atomic E-state index is 11.8. The van der Waals surface area contributed by atoms with Crippen LogP contribution in [0.1, 0.15) is 104 Å². The quantitative estimate of drug-likeness (QED) is 0.0865. The van der Waals surface area contributed by atoms with Crippen LogP contribution < -0.4 is 4.90 Å². The molecular formula is C43H57N2O8S2+. The Morgan fingerprint density at radius 3 is 2.16 bits per heavy atom. The first kappa shape index (κ1) is 42.3. The molecule has 0 unspecified atom stereocenters. The van der Waals surface area contributed by atoms with Crippen LogP contribution in [0.15, 0.2) is 95.4 Å². The van der Waals surface area contributed by atoms with Crippen molar-refractivity contribution in [3.63, 3.8) is 0 Å². The molecule has 0 aromatic heterocycles. The van der Waals surface area contributed by atoms with Gasteiger partial charge in [0.1, 0.15) is 18.1 Å². The predicted molar refractivity (Wildman–Crippen MR) is 219 cm³/mol. The normalized spacial score (nSPS) is 19.5. The third-order valence-electron chi connectivity index (χ3n) is 10.9. The first-order valence-corrected chi connectivity index (χ1v) is 22.6. The van der Waals surface area contributed by atoms with Crippen LogP contribution in [0.3, 0.4) is 0 Å². The van der Waals surface area contributed by atoms with Gasteiger partial charge >= 0.3 is 0 Å². The van der Waals surface area contributed by atoms with Gasteiger partial charge in [-0.05, 0) is 101 Å². The standard InChI is InChI=1S/C43H56N2O8S2/c1-32(46)16-15-29-53-41-33(23-25-39-42(2,3)35-19-6-8-21-37(35)44(39)27-10-12-30-54(47,48)49)17-14-18-34(41)24-26-40-43(4,5)36-20-7-9-22-38(36)45(40)28-11-13-31-55(50,51)52/h6-9,19-26H,10-18,27-31H2,1-5H3,(H-,47,48,49,50,51,52)/p+1. The van der Waals surface area contributed by atoms with Gasteiger partial charge in [-0.3, -0.25) is 9.11 Å². The van der Waals surface area contributed by atoms with Crippen molar-refractivity contribution in [3.05, 3.63) is 107 Å². The van der Waals surface area contributed by atoms with E-state index >= 15 is 0 Å². The number of para-hydroxylation sites is 2. The molecule has 2 aliphatic heterocycles. The fourth-order valence-electron chi connectivity index (χ4n) is 8.13. The van der Waals surface area contributed by atoms with Crippen LogP contribution in [0.4, 0.5) is 11.4 Å². The summed E-state index contributed by atoms with van der Waals surface area (Å²) < 4.78 is 73.1. The number of Topliss-reactive ketones (excluding diaryl/α,β-unsaturated/α-hetero) is 1. The molecule has 0 amide bonds. The van der Waals surface area contributed by atoms with Crippen molar-refractivity contribution < 1.29 is 40.0 Å². The zero-order valence-corrected chi connectivity index (χ0v) is 34.5. The van der Waals surface area contributed by atoms with Crippen molar-refractivity contribution >= 4 is 43.1 Å². The lowest BCUT2D eigenvalue weighted by molar-refractivity contribution is -0.438. The van der Waals surface area contributed by atoms with Crippen LogP contribution in [0.5, 0.6) is 0 Å². The fourth-order valence-corrected chi connectivity index (χ4v) is 9.27. The monoisotopic (exact) mass is 793 g/mol. The Bertz CT molecular complexity index is 2140. The van der Waals surface area contributed by atoms with Crippen LogP contribution >= 0.6 is 0 Å². The van der Waals surface area contributed by atoms with E-state index in [4.69, 9.17) is 4.74 Å². The molecule has 0 fully saturated rings. The molecule has 3 aliphatic rings. The van der Waals surface area contributed by atoms with Gasteiger partial charge in [-0.25, -0.2) is 0 Å². The van der Waals surface area contributed by atoms with E-state index in [0.29, 0.717) is 58.2 Å². The maximum atomic E-state index is 11.8. The Morgan fingerprint density at radius 1 is 0.818 bits per heavy atom. The molecular weight excluding hydrogens is 737 g/mol. The van der Waals surface area contributed by atoms with Crippen molar-refractivity contribution in [1.82, 2.24) is 0 Å². The van der Waals surface area contributed by atoms with Crippen molar-refractivity contribution in [1.29, 1.82) is 0 Å². The summed E-state index contributed by atoms with van der Waals surface area (Å²) >= 11 is 0. The van der Waals surface area contributed by atoms with E-state index in [1.54, 1.807) is 6.92 Å². The summed E-state index contributed by atoms with van der Waals surface area (Å²) in [5, 5.41) is 0. The molecule has 0 saturated carbocycles. The number of allylic oxidation sites excluding steroid dienone is 7. The minimum atomic E-state index is -4.03. The summed E-state index contributed by atoms with van der Waals surface area (Å²) in [6, 6.07) is 16.6. The number of rotatable bonds is 18. The first-order chi connectivity index (χ1) is 25.9. The molecule has 0 radical (unpaired) electrons. The van der Waals surface area contributed by atoms with E-state index in [1.807, 2.05) is 24.3 Å². The van der Waals surface area contributed by atoms with Crippen LogP contribution in [-0.2, 0) is 40.6 Å². The third-order valence-corrected chi connectivity index (χ3v) is 12.6. The van der Waals surface area contributed by atoms with Gasteiger partial charge in [-0.15, -0.1) is 0 Å². The average molecular weight is 794 g/mol. The number of unbranched alkanes of at least 4 members (excludes halogenated alkanes) is 2. The summed E-state index contributed by atoms with van der Waals surface area (Å²) in [5.41, 5.74) is 8.26. The lowest BCUT2D eigenvalue weighted by Crippen LogP contribution is -2.28. The molecule has 2 aromatic rings. The highest BCUT2D eigenvalue weighted by Crippen LogP contribution is 2.48. The van der Waals surface area contributed by atoms with Gasteiger partial charge in [-0.2, -0.15) is 21.4 Å². The summed E-state index contributed by atoms with van der Waals surface area (Å²) in [6.45, 7) is 12.0. The Kier molecular flexibility index (Phi) is 13.5. The summed E-state index contributed by atoms with van der Waals surface area (Å²) in [5.74, 6) is 0.408. The van der Waals surface area contributed by atoms with Crippen LogP contribution in [0.25, 0.3) is 0 Å². The number of anilines is 1. The Morgan fingerprint density at radius 2 is 1.47 bits per heavy atom. The molecule has 10 nitrogen and oxygen atoms in total. The maximum Gasteiger partial charge on any atom is 0.264 e. The zero-order valence-electron chi connectivity index (χ0n) is 32.9. The highest BCUT2D eigenvalue weighted by Gasteiger charge is 2.44. The molecule has 298 valence electrons. The second-order valence-corrected chi connectivity index (χ2v) is 19.0. The van der Waals surface area contributed by atoms with Crippen molar-refractivity contribution in [3.8, 4) is 0 Å². The Balaban J connectivity index is 1.52. The van der Waals surface area contributed by atoms with Crippen molar-refractivity contribution in [2.45, 2.75) is 103 Å². The second-order valence-electron chi connectivity index (χ2n) is 15.9. The highest BCUT2D eigenvalue weighted by molar-refractivity contribution is 7.86. The lowest BCUT2D eigenvalue weighted by Gasteiger charge is -2.27. The predicted octanol–water partition coefficient (Wildman–Crippen LogP) is 8.39. The summed E-state index contributed by atoms with van der Waals surface area (Å²) in [4.78, 5) is 14.0. The van der Waals surface area contributed by atoms with Gasteiger partial charge in [0, 0.05) is 53.9 Å². The van der Waals surface area contributed by atoms with E-state index in [2.05, 4.69) is 85.7 Å².